The monoisotopic (exact) mass is 249 g/mol. The molecule has 0 spiro atoms. The van der Waals surface area contributed by atoms with E-state index < -0.39 is 0 Å². The lowest BCUT2D eigenvalue weighted by Crippen LogP contribution is -2.44. The molecule has 3 nitrogen and oxygen atoms in total. The van der Waals surface area contributed by atoms with E-state index >= 15 is 0 Å². The van der Waals surface area contributed by atoms with Crippen molar-refractivity contribution in [1.29, 1.82) is 0 Å². The fourth-order valence-corrected chi connectivity index (χ4v) is 2.23. The fraction of sp³-hybridized carbons (Fsp3) is 0.600. The molecule has 3 heteroatoms. The van der Waals surface area contributed by atoms with E-state index in [1.165, 1.54) is 11.1 Å². The number of hydrogen-bond donors (Lipinski definition) is 0. The van der Waals surface area contributed by atoms with Gasteiger partial charge in [0.2, 0.25) is 0 Å². The summed E-state index contributed by atoms with van der Waals surface area (Å²) in [6.45, 7) is 11.0. The SMILES string of the molecule is CCN1CCOC(COc2cccc(C)c2C)C1. The molecule has 1 fully saturated rings. The van der Waals surface area contributed by atoms with Crippen molar-refractivity contribution >= 4 is 0 Å². The first kappa shape index (κ1) is 13.4. The predicted molar refractivity (Wildman–Crippen MR) is 73.3 cm³/mol. The molecule has 1 saturated heterocycles. The molecule has 0 bridgehead atoms. The Morgan fingerprint density at radius 2 is 2.22 bits per heavy atom. The Bertz CT molecular complexity index is 392. The maximum absolute atomic E-state index is 5.90. The van der Waals surface area contributed by atoms with Gasteiger partial charge in [0.15, 0.2) is 0 Å². The number of nitrogens with zero attached hydrogens (tertiary/aromatic N) is 1. The van der Waals surface area contributed by atoms with Gasteiger partial charge in [0.05, 0.1) is 6.61 Å². The van der Waals surface area contributed by atoms with Crippen LogP contribution in [0.1, 0.15) is 18.1 Å². The standard InChI is InChI=1S/C15H23NO2/c1-4-16-8-9-17-14(10-16)11-18-15-7-5-6-12(2)13(15)3/h5-7,14H,4,8-11H2,1-3H3. The maximum Gasteiger partial charge on any atom is 0.122 e. The number of aryl methyl sites for hydroxylation is 1. The zero-order chi connectivity index (χ0) is 13.0. The highest BCUT2D eigenvalue weighted by molar-refractivity contribution is 5.38. The molecule has 0 aromatic heterocycles. The van der Waals surface area contributed by atoms with Crippen molar-refractivity contribution in [2.75, 3.05) is 32.8 Å². The van der Waals surface area contributed by atoms with E-state index in [0.29, 0.717) is 6.61 Å². The highest BCUT2D eigenvalue weighted by Crippen LogP contribution is 2.21. The molecule has 1 aliphatic rings. The normalized spacial score (nSPS) is 20.9. The summed E-state index contributed by atoms with van der Waals surface area (Å²) in [4.78, 5) is 2.40. The van der Waals surface area contributed by atoms with Crippen LogP contribution in [0.25, 0.3) is 0 Å². The van der Waals surface area contributed by atoms with Gasteiger partial charge < -0.3 is 9.47 Å². The number of morpholine rings is 1. The third-order valence-corrected chi connectivity index (χ3v) is 3.65. The van der Waals surface area contributed by atoms with E-state index in [0.717, 1.165) is 32.0 Å². The number of rotatable bonds is 4. The molecule has 1 aromatic rings. The lowest BCUT2D eigenvalue weighted by molar-refractivity contribution is -0.0464. The smallest absolute Gasteiger partial charge is 0.122 e. The second kappa shape index (κ2) is 6.21. The van der Waals surface area contributed by atoms with Gasteiger partial charge in [-0.15, -0.1) is 0 Å². The van der Waals surface area contributed by atoms with Gasteiger partial charge in [-0.25, -0.2) is 0 Å². The quantitative estimate of drug-likeness (QED) is 0.818. The first-order valence-corrected chi connectivity index (χ1v) is 6.73. The van der Waals surface area contributed by atoms with E-state index in [9.17, 15) is 0 Å². The van der Waals surface area contributed by atoms with Crippen LogP contribution in [0.3, 0.4) is 0 Å². The molecule has 100 valence electrons. The number of benzene rings is 1. The lowest BCUT2D eigenvalue weighted by atomic mass is 10.1. The summed E-state index contributed by atoms with van der Waals surface area (Å²) >= 11 is 0. The van der Waals surface area contributed by atoms with Crippen molar-refractivity contribution in [2.45, 2.75) is 26.9 Å². The molecule has 0 radical (unpaired) electrons. The van der Waals surface area contributed by atoms with Crippen molar-refractivity contribution in [3.8, 4) is 5.75 Å². The van der Waals surface area contributed by atoms with Gasteiger partial charge in [-0.1, -0.05) is 19.1 Å². The molecule has 1 aliphatic heterocycles. The molecule has 0 amide bonds. The molecule has 1 heterocycles. The van der Waals surface area contributed by atoms with Crippen LogP contribution in [0, 0.1) is 13.8 Å². The zero-order valence-electron chi connectivity index (χ0n) is 11.6. The Kier molecular flexibility index (Phi) is 4.61. The molecule has 1 atom stereocenters. The van der Waals surface area contributed by atoms with Crippen LogP contribution in [0.5, 0.6) is 5.75 Å². The first-order chi connectivity index (χ1) is 8.70. The van der Waals surface area contributed by atoms with Gasteiger partial charge in [-0.05, 0) is 37.6 Å². The number of hydrogen-bond acceptors (Lipinski definition) is 3. The van der Waals surface area contributed by atoms with Gasteiger partial charge in [0, 0.05) is 13.1 Å². The maximum atomic E-state index is 5.90. The highest BCUT2D eigenvalue weighted by atomic mass is 16.5. The topological polar surface area (TPSA) is 21.7 Å². The summed E-state index contributed by atoms with van der Waals surface area (Å²) < 4.78 is 11.6. The third kappa shape index (κ3) is 3.24. The van der Waals surface area contributed by atoms with Crippen LogP contribution in [0.2, 0.25) is 0 Å². The molecule has 1 aromatic carbocycles. The second-order valence-electron chi connectivity index (χ2n) is 4.90. The van der Waals surface area contributed by atoms with Crippen LogP contribution in [0.15, 0.2) is 18.2 Å². The molecule has 0 aliphatic carbocycles. The van der Waals surface area contributed by atoms with E-state index in [-0.39, 0.29) is 6.10 Å². The van der Waals surface area contributed by atoms with Gasteiger partial charge in [-0.3, -0.25) is 4.90 Å². The Balaban J connectivity index is 1.89. The minimum absolute atomic E-state index is 0.193. The van der Waals surface area contributed by atoms with E-state index in [1.807, 2.05) is 12.1 Å². The minimum atomic E-state index is 0.193. The fourth-order valence-electron chi connectivity index (χ4n) is 2.23. The largest absolute Gasteiger partial charge is 0.491 e. The van der Waals surface area contributed by atoms with Crippen molar-refractivity contribution in [3.63, 3.8) is 0 Å². The van der Waals surface area contributed by atoms with E-state index in [2.05, 4.69) is 31.7 Å². The summed E-state index contributed by atoms with van der Waals surface area (Å²) in [7, 11) is 0. The van der Waals surface area contributed by atoms with Crippen LogP contribution < -0.4 is 4.74 Å². The Hall–Kier alpha value is -1.06. The molecule has 0 N–H and O–H groups in total. The van der Waals surface area contributed by atoms with Gasteiger partial charge in [0.1, 0.15) is 18.5 Å². The second-order valence-corrected chi connectivity index (χ2v) is 4.90. The Morgan fingerprint density at radius 1 is 1.39 bits per heavy atom. The summed E-state index contributed by atoms with van der Waals surface area (Å²) in [6.07, 6.45) is 0.193. The average molecular weight is 249 g/mol. The van der Waals surface area contributed by atoms with Crippen LogP contribution in [-0.4, -0.2) is 43.9 Å². The molecule has 0 saturated carbocycles. The average Bonchev–Trinajstić information content (AvgIpc) is 2.41. The highest BCUT2D eigenvalue weighted by Gasteiger charge is 2.19. The van der Waals surface area contributed by atoms with Crippen LogP contribution in [-0.2, 0) is 4.74 Å². The zero-order valence-corrected chi connectivity index (χ0v) is 11.6. The minimum Gasteiger partial charge on any atom is -0.491 e. The van der Waals surface area contributed by atoms with Gasteiger partial charge in [-0.2, -0.15) is 0 Å². The van der Waals surface area contributed by atoms with Crippen molar-refractivity contribution in [2.24, 2.45) is 0 Å². The summed E-state index contributed by atoms with van der Waals surface area (Å²) in [6, 6.07) is 6.18. The Labute approximate surface area is 110 Å². The van der Waals surface area contributed by atoms with Crippen molar-refractivity contribution < 1.29 is 9.47 Å². The molecule has 18 heavy (non-hydrogen) atoms. The predicted octanol–water partition coefficient (Wildman–Crippen LogP) is 2.40. The number of ether oxygens (including phenoxy) is 2. The first-order valence-electron chi connectivity index (χ1n) is 6.73. The third-order valence-electron chi connectivity index (χ3n) is 3.65. The van der Waals surface area contributed by atoms with Gasteiger partial charge >= 0.3 is 0 Å². The molecular weight excluding hydrogens is 226 g/mol. The van der Waals surface area contributed by atoms with Gasteiger partial charge in [0.25, 0.3) is 0 Å². The lowest BCUT2D eigenvalue weighted by Gasteiger charge is -2.32. The Morgan fingerprint density at radius 3 is 3.00 bits per heavy atom. The summed E-state index contributed by atoms with van der Waals surface area (Å²) in [5, 5.41) is 0. The summed E-state index contributed by atoms with van der Waals surface area (Å²) in [5.41, 5.74) is 2.49. The van der Waals surface area contributed by atoms with Crippen LogP contribution >= 0.6 is 0 Å². The van der Waals surface area contributed by atoms with Crippen molar-refractivity contribution in [1.82, 2.24) is 4.90 Å². The van der Waals surface area contributed by atoms with E-state index in [1.54, 1.807) is 0 Å². The molecular formula is C15H23NO2. The molecule has 2 rings (SSSR count). The molecule has 1 unspecified atom stereocenters. The van der Waals surface area contributed by atoms with Crippen molar-refractivity contribution in [3.05, 3.63) is 29.3 Å². The number of likely N-dealkylation sites (N-methyl/N-ethyl adjacent to an activating group) is 1. The summed E-state index contributed by atoms with van der Waals surface area (Å²) in [5.74, 6) is 0.979. The van der Waals surface area contributed by atoms with E-state index in [4.69, 9.17) is 9.47 Å². The van der Waals surface area contributed by atoms with Crippen LogP contribution in [0.4, 0.5) is 0 Å².